The maximum Gasteiger partial charge on any atom is 0.323 e. The summed E-state index contributed by atoms with van der Waals surface area (Å²) in [7, 11) is 1.41. The summed E-state index contributed by atoms with van der Waals surface area (Å²) in [6.07, 6.45) is 0. The number of carbonyl (C=O) groups excluding carboxylic acids is 1. The number of carboxylic acids is 1. The third kappa shape index (κ3) is 4.60. The first-order chi connectivity index (χ1) is 4.16. The van der Waals surface area contributed by atoms with Crippen LogP contribution >= 0.6 is 0 Å². The van der Waals surface area contributed by atoms with E-state index >= 15 is 0 Å². The lowest BCUT2D eigenvalue weighted by atomic mass is 10.6. The molecule has 0 saturated carbocycles. The van der Waals surface area contributed by atoms with Crippen molar-refractivity contribution in [3.63, 3.8) is 0 Å². The second-order valence-corrected chi connectivity index (χ2v) is 1.33. The number of carbonyl (C=O) groups is 2. The third-order valence-electron chi connectivity index (χ3n) is 0.627. The summed E-state index contributed by atoms with van der Waals surface area (Å²) in [5, 5.41) is 12.3. The van der Waals surface area contributed by atoms with Crippen molar-refractivity contribution in [1.82, 2.24) is 10.6 Å². The number of rotatable bonds is 2. The first-order valence-electron chi connectivity index (χ1n) is 2.34. The molecule has 52 valence electrons. The van der Waals surface area contributed by atoms with Crippen LogP contribution in [0.2, 0.25) is 0 Å². The Labute approximate surface area is 52.1 Å². The molecular weight excluding hydrogens is 124 g/mol. The van der Waals surface area contributed by atoms with Gasteiger partial charge in [-0.2, -0.15) is 0 Å². The standard InChI is InChI=1S/C4H8N2O3/c1-5-4(9)6-2-3(7)8/h2H2,1H3,(H,7,8)(H2,5,6,9). The Bertz CT molecular complexity index is 123. The number of nitrogens with one attached hydrogen (secondary N) is 2. The molecule has 0 spiro atoms. The van der Waals surface area contributed by atoms with Gasteiger partial charge in [-0.25, -0.2) is 4.79 Å². The minimum atomic E-state index is -1.06. The monoisotopic (exact) mass is 132 g/mol. The molecule has 0 rings (SSSR count). The largest absolute Gasteiger partial charge is 0.480 e. The highest BCUT2D eigenvalue weighted by Gasteiger charge is 1.97. The Balaban J connectivity index is 3.28. The fourth-order valence-electron chi connectivity index (χ4n) is 0.244. The minimum absolute atomic E-state index is 0.348. The zero-order valence-corrected chi connectivity index (χ0v) is 4.97. The highest BCUT2D eigenvalue weighted by Crippen LogP contribution is 1.61. The van der Waals surface area contributed by atoms with Crippen LogP contribution in [0.1, 0.15) is 0 Å². The van der Waals surface area contributed by atoms with Crippen LogP contribution in [-0.2, 0) is 4.79 Å². The fraction of sp³-hybridized carbons (Fsp3) is 0.500. The van der Waals surface area contributed by atoms with Crippen LogP contribution in [0.3, 0.4) is 0 Å². The summed E-state index contributed by atoms with van der Waals surface area (Å²) in [6, 6.07) is -0.489. The molecule has 0 aromatic rings. The molecule has 5 heteroatoms. The molecule has 0 bridgehead atoms. The molecule has 0 fully saturated rings. The Hall–Kier alpha value is -1.26. The van der Waals surface area contributed by atoms with Crippen molar-refractivity contribution >= 4 is 12.0 Å². The van der Waals surface area contributed by atoms with E-state index in [-0.39, 0.29) is 6.54 Å². The number of urea groups is 1. The van der Waals surface area contributed by atoms with Crippen LogP contribution in [0.15, 0.2) is 0 Å². The van der Waals surface area contributed by atoms with Gasteiger partial charge in [0, 0.05) is 7.05 Å². The molecule has 0 radical (unpaired) electrons. The van der Waals surface area contributed by atoms with Crippen molar-refractivity contribution in [3.05, 3.63) is 0 Å². The second kappa shape index (κ2) is 3.71. The summed E-state index contributed by atoms with van der Waals surface area (Å²) < 4.78 is 0. The van der Waals surface area contributed by atoms with Crippen molar-refractivity contribution in [1.29, 1.82) is 0 Å². The van der Waals surface area contributed by atoms with Crippen molar-refractivity contribution in [3.8, 4) is 0 Å². The van der Waals surface area contributed by atoms with Gasteiger partial charge < -0.3 is 15.7 Å². The highest BCUT2D eigenvalue weighted by atomic mass is 16.4. The van der Waals surface area contributed by atoms with Crippen molar-refractivity contribution in [2.75, 3.05) is 13.6 Å². The van der Waals surface area contributed by atoms with Gasteiger partial charge in [-0.15, -0.1) is 0 Å². The zero-order valence-electron chi connectivity index (χ0n) is 4.97. The molecule has 3 N–H and O–H groups in total. The molecule has 0 saturated heterocycles. The van der Waals surface area contributed by atoms with Gasteiger partial charge in [-0.05, 0) is 0 Å². The number of amides is 2. The van der Waals surface area contributed by atoms with Crippen molar-refractivity contribution < 1.29 is 14.7 Å². The van der Waals surface area contributed by atoms with Crippen molar-refractivity contribution in [2.24, 2.45) is 0 Å². The number of hydrogen-bond acceptors (Lipinski definition) is 2. The second-order valence-electron chi connectivity index (χ2n) is 1.33. The normalized spacial score (nSPS) is 8.11. The SMILES string of the molecule is CNC(=O)NCC(=O)O. The van der Waals surface area contributed by atoms with E-state index in [9.17, 15) is 9.59 Å². The molecule has 0 heterocycles. The Kier molecular flexibility index (Phi) is 3.19. The molecule has 9 heavy (non-hydrogen) atoms. The van der Waals surface area contributed by atoms with E-state index in [1.54, 1.807) is 0 Å². The van der Waals surface area contributed by atoms with E-state index < -0.39 is 12.0 Å². The number of carboxylic acid groups (broad SMARTS) is 1. The highest BCUT2D eigenvalue weighted by molar-refractivity contribution is 5.79. The lowest BCUT2D eigenvalue weighted by Crippen LogP contribution is -2.36. The lowest BCUT2D eigenvalue weighted by Gasteiger charge is -1.97. The molecule has 0 aliphatic rings. The van der Waals surface area contributed by atoms with Gasteiger partial charge in [0.2, 0.25) is 0 Å². The molecule has 0 aromatic heterocycles. The van der Waals surface area contributed by atoms with E-state index in [1.807, 2.05) is 0 Å². The molecule has 0 aliphatic carbocycles. The van der Waals surface area contributed by atoms with Gasteiger partial charge >= 0.3 is 12.0 Å². The molecule has 2 amide bonds. The molecule has 0 unspecified atom stereocenters. The first kappa shape index (κ1) is 7.74. The van der Waals surface area contributed by atoms with Gasteiger partial charge in [0.1, 0.15) is 6.54 Å². The van der Waals surface area contributed by atoms with E-state index in [0.29, 0.717) is 0 Å². The Morgan fingerprint density at radius 1 is 1.56 bits per heavy atom. The predicted molar refractivity (Wildman–Crippen MR) is 30.1 cm³/mol. The van der Waals surface area contributed by atoms with Crippen molar-refractivity contribution in [2.45, 2.75) is 0 Å². The Morgan fingerprint density at radius 2 is 2.11 bits per heavy atom. The molecular formula is C4H8N2O3. The average Bonchev–Trinajstić information content (AvgIpc) is 1.83. The molecule has 5 nitrogen and oxygen atoms in total. The predicted octanol–water partition coefficient (Wildman–Crippen LogP) is -1.000. The van der Waals surface area contributed by atoms with Gasteiger partial charge in [-0.1, -0.05) is 0 Å². The van der Waals surface area contributed by atoms with E-state index in [2.05, 4.69) is 10.6 Å². The molecule has 0 atom stereocenters. The summed E-state index contributed by atoms with van der Waals surface area (Å²) in [5.74, 6) is -1.06. The number of hydrogen-bond donors (Lipinski definition) is 3. The average molecular weight is 132 g/mol. The lowest BCUT2D eigenvalue weighted by molar-refractivity contribution is -0.135. The van der Waals surface area contributed by atoms with E-state index in [1.165, 1.54) is 7.05 Å². The maximum atomic E-state index is 10.2. The van der Waals surface area contributed by atoms with Gasteiger partial charge in [0.15, 0.2) is 0 Å². The van der Waals surface area contributed by atoms with Gasteiger partial charge in [-0.3, -0.25) is 4.79 Å². The van der Waals surface area contributed by atoms with Crippen LogP contribution in [0.4, 0.5) is 4.79 Å². The summed E-state index contributed by atoms with van der Waals surface area (Å²) in [5.41, 5.74) is 0. The van der Waals surface area contributed by atoms with Crippen LogP contribution < -0.4 is 10.6 Å². The van der Waals surface area contributed by atoms with Gasteiger partial charge in [0.05, 0.1) is 0 Å². The maximum absolute atomic E-state index is 10.2. The first-order valence-corrected chi connectivity index (χ1v) is 2.34. The van der Waals surface area contributed by atoms with Crippen LogP contribution in [0.25, 0.3) is 0 Å². The minimum Gasteiger partial charge on any atom is -0.480 e. The van der Waals surface area contributed by atoms with Gasteiger partial charge in [0.25, 0.3) is 0 Å². The third-order valence-corrected chi connectivity index (χ3v) is 0.627. The van der Waals surface area contributed by atoms with E-state index in [0.717, 1.165) is 0 Å². The topological polar surface area (TPSA) is 78.4 Å². The number of aliphatic carboxylic acids is 1. The summed E-state index contributed by atoms with van der Waals surface area (Å²) >= 11 is 0. The zero-order chi connectivity index (χ0) is 7.28. The van der Waals surface area contributed by atoms with Crippen LogP contribution in [-0.4, -0.2) is 30.7 Å². The Morgan fingerprint density at radius 3 is 2.44 bits per heavy atom. The van der Waals surface area contributed by atoms with Crippen LogP contribution in [0.5, 0.6) is 0 Å². The summed E-state index contributed by atoms with van der Waals surface area (Å²) in [6.45, 7) is -0.348. The quantitative estimate of drug-likeness (QED) is 0.451. The van der Waals surface area contributed by atoms with E-state index in [4.69, 9.17) is 5.11 Å². The molecule has 0 aromatic carbocycles. The fourth-order valence-corrected chi connectivity index (χ4v) is 0.244. The van der Waals surface area contributed by atoms with Crippen LogP contribution in [0, 0.1) is 0 Å². The molecule has 0 aliphatic heterocycles. The smallest absolute Gasteiger partial charge is 0.323 e. The summed E-state index contributed by atoms with van der Waals surface area (Å²) in [4.78, 5) is 20.0.